The van der Waals surface area contributed by atoms with Gasteiger partial charge in [-0.1, -0.05) is 55.7 Å². The molecule has 3 heterocycles. The Morgan fingerprint density at radius 1 is 0.842 bits per heavy atom. The summed E-state index contributed by atoms with van der Waals surface area (Å²) < 4.78 is 1.98. The molecule has 38 heavy (non-hydrogen) atoms. The summed E-state index contributed by atoms with van der Waals surface area (Å²) in [6.07, 6.45) is 13.7. The number of likely N-dealkylation sites (tertiary alicyclic amines) is 1. The highest BCUT2D eigenvalue weighted by molar-refractivity contribution is 6.04. The Morgan fingerprint density at radius 3 is 2.47 bits per heavy atom. The predicted octanol–water partition coefficient (Wildman–Crippen LogP) is 6.78. The Balaban J connectivity index is 1.22. The number of imidazole rings is 1. The quantitative estimate of drug-likeness (QED) is 0.227. The molecule has 0 aliphatic carbocycles. The highest BCUT2D eigenvalue weighted by atomic mass is 16.1. The monoisotopic (exact) mass is 507 g/mol. The van der Waals surface area contributed by atoms with E-state index in [1.807, 2.05) is 77.4 Å². The highest BCUT2D eigenvalue weighted by Gasteiger charge is 2.15. The number of unbranched alkanes of at least 4 members (excludes halogenated alkanes) is 3. The van der Waals surface area contributed by atoms with E-state index in [9.17, 15) is 4.79 Å². The SMILES string of the molecule is O=C(Nc1nc(CCCCCCN2CCCCC2)cn1-c1ccccc1)c1cccc(-c2ccccn2)c1. The van der Waals surface area contributed by atoms with Crippen molar-refractivity contribution in [2.45, 2.75) is 51.4 Å². The summed E-state index contributed by atoms with van der Waals surface area (Å²) in [5.74, 6) is 0.361. The second-order valence-corrected chi connectivity index (χ2v) is 10.1. The molecule has 0 atom stereocenters. The van der Waals surface area contributed by atoms with Gasteiger partial charge in [0.2, 0.25) is 5.95 Å². The summed E-state index contributed by atoms with van der Waals surface area (Å²) in [5.41, 5.74) is 4.30. The number of para-hydroxylation sites is 1. The number of piperidine rings is 1. The molecule has 1 aliphatic rings. The minimum atomic E-state index is -0.185. The molecule has 2 aromatic carbocycles. The van der Waals surface area contributed by atoms with Crippen molar-refractivity contribution in [3.63, 3.8) is 0 Å². The van der Waals surface area contributed by atoms with Crippen LogP contribution < -0.4 is 5.32 Å². The topological polar surface area (TPSA) is 63.1 Å². The molecule has 1 aliphatic heterocycles. The number of hydrogen-bond donors (Lipinski definition) is 1. The third-order valence-corrected chi connectivity index (χ3v) is 7.21. The lowest BCUT2D eigenvalue weighted by molar-refractivity contribution is 0.102. The van der Waals surface area contributed by atoms with E-state index in [0.29, 0.717) is 11.5 Å². The normalized spacial score (nSPS) is 13.9. The molecule has 0 saturated carbocycles. The van der Waals surface area contributed by atoms with Crippen LogP contribution in [-0.4, -0.2) is 45.0 Å². The molecule has 2 aromatic heterocycles. The Kier molecular flexibility index (Phi) is 8.95. The number of aromatic nitrogens is 3. The first kappa shape index (κ1) is 25.9. The van der Waals surface area contributed by atoms with Crippen LogP contribution in [0.5, 0.6) is 0 Å². The fraction of sp³-hybridized carbons (Fsp3) is 0.344. The van der Waals surface area contributed by atoms with E-state index in [1.165, 1.54) is 58.2 Å². The summed E-state index contributed by atoms with van der Waals surface area (Å²) in [4.78, 5) is 25.1. The minimum Gasteiger partial charge on any atom is -0.303 e. The van der Waals surface area contributed by atoms with Gasteiger partial charge in [-0.2, -0.15) is 0 Å². The van der Waals surface area contributed by atoms with Gasteiger partial charge in [-0.25, -0.2) is 4.98 Å². The summed E-state index contributed by atoms with van der Waals surface area (Å²) in [5, 5.41) is 3.06. The van der Waals surface area contributed by atoms with Gasteiger partial charge in [-0.3, -0.25) is 19.7 Å². The van der Waals surface area contributed by atoms with Crippen LogP contribution in [0.25, 0.3) is 16.9 Å². The average molecular weight is 508 g/mol. The lowest BCUT2D eigenvalue weighted by atomic mass is 10.1. The standard InChI is InChI=1S/C32H37N5O/c38-31(27-15-13-14-26(24-27)30-19-8-9-20-33-30)35-32-34-28(25-37(32)29-17-6-3-7-18-29)16-5-1-2-10-21-36-22-11-4-12-23-36/h3,6-9,13-15,17-20,24-25H,1-2,4-5,10-12,16,21-23H2,(H,34,35,38). The van der Waals surface area contributed by atoms with E-state index in [2.05, 4.69) is 21.4 Å². The van der Waals surface area contributed by atoms with Crippen molar-refractivity contribution in [1.29, 1.82) is 0 Å². The number of pyridine rings is 1. The number of carbonyl (C=O) groups is 1. The molecule has 6 heteroatoms. The first-order chi connectivity index (χ1) is 18.8. The van der Waals surface area contributed by atoms with E-state index < -0.39 is 0 Å². The van der Waals surface area contributed by atoms with Crippen LogP contribution in [0.3, 0.4) is 0 Å². The second kappa shape index (κ2) is 13.2. The smallest absolute Gasteiger partial charge is 0.258 e. The van der Waals surface area contributed by atoms with Gasteiger partial charge >= 0.3 is 0 Å². The first-order valence-corrected chi connectivity index (χ1v) is 14.0. The summed E-state index contributed by atoms with van der Waals surface area (Å²) in [6, 6.07) is 23.4. The molecule has 1 N–H and O–H groups in total. The summed E-state index contributed by atoms with van der Waals surface area (Å²) in [7, 11) is 0. The van der Waals surface area contributed by atoms with E-state index in [1.54, 1.807) is 6.20 Å². The Hall–Kier alpha value is -3.77. The maximum atomic E-state index is 13.3. The molecule has 0 bridgehead atoms. The maximum absolute atomic E-state index is 13.3. The molecule has 1 saturated heterocycles. The van der Waals surface area contributed by atoms with Crippen LogP contribution in [0.15, 0.2) is 85.2 Å². The van der Waals surface area contributed by atoms with Crippen molar-refractivity contribution < 1.29 is 4.79 Å². The molecule has 5 rings (SSSR count). The van der Waals surface area contributed by atoms with E-state index in [0.717, 1.165) is 35.5 Å². The molecule has 0 unspecified atom stereocenters. The van der Waals surface area contributed by atoms with Gasteiger partial charge in [0, 0.05) is 29.2 Å². The summed E-state index contributed by atoms with van der Waals surface area (Å²) in [6.45, 7) is 3.79. The number of nitrogens with zero attached hydrogens (tertiary/aromatic N) is 4. The van der Waals surface area contributed by atoms with E-state index in [4.69, 9.17) is 4.98 Å². The molecule has 4 aromatic rings. The number of nitrogens with one attached hydrogen (secondary N) is 1. The molecular formula is C32H37N5O. The van der Waals surface area contributed by atoms with Crippen LogP contribution in [0.1, 0.15) is 61.0 Å². The average Bonchev–Trinajstić information content (AvgIpc) is 3.38. The van der Waals surface area contributed by atoms with Gasteiger partial charge in [0.1, 0.15) is 0 Å². The number of benzene rings is 2. The highest BCUT2D eigenvalue weighted by Crippen LogP contribution is 2.21. The molecule has 0 spiro atoms. The van der Waals surface area contributed by atoms with Gasteiger partial charge < -0.3 is 4.90 Å². The van der Waals surface area contributed by atoms with Crippen LogP contribution in [0.4, 0.5) is 5.95 Å². The number of carbonyl (C=O) groups excluding carboxylic acids is 1. The number of anilines is 1. The zero-order chi connectivity index (χ0) is 26.0. The van der Waals surface area contributed by atoms with E-state index in [-0.39, 0.29) is 5.91 Å². The molecule has 1 fully saturated rings. The van der Waals surface area contributed by atoms with Crippen molar-refractivity contribution >= 4 is 11.9 Å². The van der Waals surface area contributed by atoms with Gasteiger partial charge in [0.05, 0.1) is 11.4 Å². The fourth-order valence-electron chi connectivity index (χ4n) is 5.13. The predicted molar refractivity (Wildman–Crippen MR) is 154 cm³/mol. The van der Waals surface area contributed by atoms with Crippen LogP contribution in [0, 0.1) is 0 Å². The molecule has 196 valence electrons. The summed E-state index contributed by atoms with van der Waals surface area (Å²) >= 11 is 0. The van der Waals surface area contributed by atoms with Crippen LogP contribution in [-0.2, 0) is 6.42 Å². The van der Waals surface area contributed by atoms with Crippen LogP contribution in [0.2, 0.25) is 0 Å². The molecule has 6 nitrogen and oxygen atoms in total. The largest absolute Gasteiger partial charge is 0.303 e. The third-order valence-electron chi connectivity index (χ3n) is 7.21. The zero-order valence-electron chi connectivity index (χ0n) is 22.1. The van der Waals surface area contributed by atoms with Gasteiger partial charge in [0.25, 0.3) is 5.91 Å². The van der Waals surface area contributed by atoms with Gasteiger partial charge in [0.15, 0.2) is 0 Å². The Morgan fingerprint density at radius 2 is 1.66 bits per heavy atom. The number of rotatable bonds is 11. The van der Waals surface area contributed by atoms with Crippen molar-refractivity contribution in [2.24, 2.45) is 0 Å². The van der Waals surface area contributed by atoms with Crippen LogP contribution >= 0.6 is 0 Å². The minimum absolute atomic E-state index is 0.185. The Bertz CT molecular complexity index is 1300. The first-order valence-electron chi connectivity index (χ1n) is 14.0. The van der Waals surface area contributed by atoms with E-state index >= 15 is 0 Å². The van der Waals surface area contributed by atoms with Crippen molar-refractivity contribution in [3.8, 4) is 16.9 Å². The Labute approximate surface area is 225 Å². The number of hydrogen-bond acceptors (Lipinski definition) is 4. The zero-order valence-corrected chi connectivity index (χ0v) is 22.1. The van der Waals surface area contributed by atoms with Crippen molar-refractivity contribution in [1.82, 2.24) is 19.4 Å². The van der Waals surface area contributed by atoms with Crippen molar-refractivity contribution in [2.75, 3.05) is 25.0 Å². The third kappa shape index (κ3) is 6.95. The number of amides is 1. The number of aryl methyl sites for hydroxylation is 1. The molecular weight excluding hydrogens is 470 g/mol. The van der Waals surface area contributed by atoms with Gasteiger partial charge in [-0.15, -0.1) is 0 Å². The molecule has 0 radical (unpaired) electrons. The fourth-order valence-corrected chi connectivity index (χ4v) is 5.13. The van der Waals surface area contributed by atoms with Crippen molar-refractivity contribution in [3.05, 3.63) is 96.4 Å². The lowest BCUT2D eigenvalue weighted by Crippen LogP contribution is -2.30. The van der Waals surface area contributed by atoms with Gasteiger partial charge in [-0.05, 0) is 88.1 Å². The lowest BCUT2D eigenvalue weighted by Gasteiger charge is -2.26. The second-order valence-electron chi connectivity index (χ2n) is 10.1. The maximum Gasteiger partial charge on any atom is 0.258 e. The molecule has 1 amide bonds.